The van der Waals surface area contributed by atoms with Gasteiger partial charge >= 0.3 is 0 Å². The van der Waals surface area contributed by atoms with Crippen LogP contribution in [0.5, 0.6) is 0 Å². The number of benzene rings is 3. The van der Waals surface area contributed by atoms with Gasteiger partial charge in [0.05, 0.1) is 5.52 Å². The summed E-state index contributed by atoms with van der Waals surface area (Å²) in [5.74, 6) is 1.73. The fourth-order valence-electron chi connectivity index (χ4n) is 3.11. The summed E-state index contributed by atoms with van der Waals surface area (Å²) in [5.41, 5.74) is 2.73. The molecule has 0 aliphatic heterocycles. The smallest absolute Gasteiger partial charge is 0.286 e. The van der Waals surface area contributed by atoms with E-state index in [0.717, 1.165) is 22.0 Å². The van der Waals surface area contributed by atoms with Gasteiger partial charge in [-0.15, -0.1) is 10.2 Å². The SMILES string of the molecule is Clc1ccc(-c2nnc(-c3nc(NCc4ccccc4)c4ccccc4n3)o2)cc1. The molecule has 0 aliphatic carbocycles. The monoisotopic (exact) mass is 413 g/mol. The number of nitrogens with zero attached hydrogens (tertiary/aromatic N) is 4. The molecule has 6 nitrogen and oxygen atoms in total. The Morgan fingerprint density at radius 1 is 0.767 bits per heavy atom. The lowest BCUT2D eigenvalue weighted by molar-refractivity contribution is 0.579. The highest BCUT2D eigenvalue weighted by atomic mass is 35.5. The maximum Gasteiger partial charge on any atom is 0.286 e. The van der Waals surface area contributed by atoms with E-state index in [-0.39, 0.29) is 5.89 Å². The van der Waals surface area contributed by atoms with Crippen molar-refractivity contribution in [2.24, 2.45) is 0 Å². The first-order valence-corrected chi connectivity index (χ1v) is 9.78. The minimum absolute atomic E-state index is 0.258. The maximum absolute atomic E-state index is 5.95. The predicted molar refractivity (Wildman–Crippen MR) is 117 cm³/mol. The van der Waals surface area contributed by atoms with Crippen molar-refractivity contribution in [1.29, 1.82) is 0 Å². The van der Waals surface area contributed by atoms with Crippen LogP contribution in [0.2, 0.25) is 5.02 Å². The lowest BCUT2D eigenvalue weighted by Gasteiger charge is -2.10. The summed E-state index contributed by atoms with van der Waals surface area (Å²) in [6.07, 6.45) is 0. The van der Waals surface area contributed by atoms with Crippen molar-refractivity contribution in [1.82, 2.24) is 20.2 Å². The van der Waals surface area contributed by atoms with E-state index in [1.54, 1.807) is 12.1 Å². The van der Waals surface area contributed by atoms with Crippen LogP contribution in [0, 0.1) is 0 Å². The van der Waals surface area contributed by atoms with E-state index in [2.05, 4.69) is 37.6 Å². The van der Waals surface area contributed by atoms with Crippen molar-refractivity contribution in [2.45, 2.75) is 6.54 Å². The maximum atomic E-state index is 5.95. The van der Waals surface area contributed by atoms with Crippen molar-refractivity contribution >= 4 is 28.3 Å². The number of fused-ring (bicyclic) bond motifs is 1. The first-order valence-electron chi connectivity index (χ1n) is 9.41. The van der Waals surface area contributed by atoms with E-state index < -0.39 is 0 Å². The van der Waals surface area contributed by atoms with Crippen molar-refractivity contribution in [2.75, 3.05) is 5.32 Å². The third-order valence-corrected chi connectivity index (χ3v) is 4.87. The molecule has 5 rings (SSSR count). The molecule has 5 aromatic rings. The van der Waals surface area contributed by atoms with Gasteiger partial charge in [0.2, 0.25) is 11.7 Å². The standard InChI is InChI=1S/C23H16ClN5O/c24-17-12-10-16(11-13-17)22-28-29-23(30-22)21-26-19-9-5-4-8-18(19)20(27-21)25-14-15-6-2-1-3-7-15/h1-13H,14H2,(H,25,26,27). The second-order valence-corrected chi connectivity index (χ2v) is 7.11. The van der Waals surface area contributed by atoms with Gasteiger partial charge in [0.15, 0.2) is 0 Å². The predicted octanol–water partition coefficient (Wildman–Crippen LogP) is 5.61. The summed E-state index contributed by atoms with van der Waals surface area (Å²) in [4.78, 5) is 9.28. The van der Waals surface area contributed by atoms with E-state index in [1.807, 2.05) is 54.6 Å². The van der Waals surface area contributed by atoms with Crippen molar-refractivity contribution in [3.63, 3.8) is 0 Å². The average Bonchev–Trinajstić information content (AvgIpc) is 3.29. The summed E-state index contributed by atoms with van der Waals surface area (Å²) < 4.78 is 5.84. The molecule has 0 atom stereocenters. The Bertz CT molecular complexity index is 1300. The zero-order valence-corrected chi connectivity index (χ0v) is 16.5. The summed E-state index contributed by atoms with van der Waals surface area (Å²) in [6, 6.07) is 25.2. The molecule has 0 aliphatic rings. The number of hydrogen-bond donors (Lipinski definition) is 1. The van der Waals surface area contributed by atoms with Crippen LogP contribution in [0.15, 0.2) is 83.3 Å². The van der Waals surface area contributed by atoms with E-state index >= 15 is 0 Å². The minimum atomic E-state index is 0.258. The van der Waals surface area contributed by atoms with Gasteiger partial charge in [-0.05, 0) is 42.0 Å². The van der Waals surface area contributed by atoms with Crippen molar-refractivity contribution in [3.8, 4) is 23.2 Å². The van der Waals surface area contributed by atoms with Crippen molar-refractivity contribution in [3.05, 3.63) is 89.4 Å². The van der Waals surface area contributed by atoms with Crippen LogP contribution in [0.3, 0.4) is 0 Å². The topological polar surface area (TPSA) is 76.7 Å². The van der Waals surface area contributed by atoms with Crippen LogP contribution < -0.4 is 5.32 Å². The summed E-state index contributed by atoms with van der Waals surface area (Å²) in [6.45, 7) is 0.640. The fourth-order valence-corrected chi connectivity index (χ4v) is 3.24. The number of hydrogen-bond acceptors (Lipinski definition) is 6. The second-order valence-electron chi connectivity index (χ2n) is 6.67. The molecule has 146 valence electrons. The fraction of sp³-hybridized carbons (Fsp3) is 0.0435. The summed E-state index contributed by atoms with van der Waals surface area (Å²) in [5, 5.41) is 13.3. The number of nitrogens with one attached hydrogen (secondary N) is 1. The lowest BCUT2D eigenvalue weighted by atomic mass is 10.2. The number of halogens is 1. The Balaban J connectivity index is 1.51. The molecule has 0 amide bonds. The molecule has 0 radical (unpaired) electrons. The van der Waals surface area contributed by atoms with Crippen LogP contribution in [0.1, 0.15) is 5.56 Å². The molecule has 30 heavy (non-hydrogen) atoms. The lowest BCUT2D eigenvalue weighted by Crippen LogP contribution is -2.04. The molecule has 0 bridgehead atoms. The minimum Gasteiger partial charge on any atom is -0.413 e. The summed E-state index contributed by atoms with van der Waals surface area (Å²) >= 11 is 5.95. The van der Waals surface area contributed by atoms with Gasteiger partial charge in [0.25, 0.3) is 5.89 Å². The van der Waals surface area contributed by atoms with Crippen LogP contribution >= 0.6 is 11.6 Å². The zero-order valence-electron chi connectivity index (χ0n) is 15.8. The van der Waals surface area contributed by atoms with Crippen LogP contribution in [-0.2, 0) is 6.54 Å². The van der Waals surface area contributed by atoms with Gasteiger partial charge in [0, 0.05) is 22.5 Å². The number of anilines is 1. The Morgan fingerprint density at radius 3 is 2.33 bits per heavy atom. The summed E-state index contributed by atoms with van der Waals surface area (Å²) in [7, 11) is 0. The number of aromatic nitrogens is 4. The molecule has 3 aromatic carbocycles. The van der Waals surface area contributed by atoms with E-state index in [4.69, 9.17) is 16.0 Å². The molecule has 2 aromatic heterocycles. The Labute approximate surface area is 177 Å². The molecular formula is C23H16ClN5O. The Hall–Kier alpha value is -3.77. The van der Waals surface area contributed by atoms with Crippen LogP contribution in [-0.4, -0.2) is 20.2 Å². The van der Waals surface area contributed by atoms with Gasteiger partial charge in [-0.2, -0.15) is 0 Å². The van der Waals surface area contributed by atoms with E-state index in [9.17, 15) is 0 Å². The quantitative estimate of drug-likeness (QED) is 0.403. The Kier molecular flexibility index (Phi) is 4.83. The normalized spacial score (nSPS) is 11.0. The van der Waals surface area contributed by atoms with Gasteiger partial charge in [0.1, 0.15) is 5.82 Å². The molecule has 2 heterocycles. The van der Waals surface area contributed by atoms with Crippen molar-refractivity contribution < 1.29 is 4.42 Å². The van der Waals surface area contributed by atoms with Gasteiger partial charge in [-0.25, -0.2) is 9.97 Å². The molecular weight excluding hydrogens is 398 g/mol. The molecule has 0 saturated carbocycles. The highest BCUT2D eigenvalue weighted by Gasteiger charge is 2.16. The zero-order chi connectivity index (χ0) is 20.3. The third-order valence-electron chi connectivity index (χ3n) is 4.61. The highest BCUT2D eigenvalue weighted by Crippen LogP contribution is 2.27. The molecule has 1 N–H and O–H groups in total. The molecule has 0 unspecified atom stereocenters. The van der Waals surface area contributed by atoms with Gasteiger partial charge < -0.3 is 9.73 Å². The Morgan fingerprint density at radius 2 is 1.50 bits per heavy atom. The number of para-hydroxylation sites is 1. The van der Waals surface area contributed by atoms with Gasteiger partial charge in [-0.1, -0.05) is 54.1 Å². The van der Waals surface area contributed by atoms with Crippen LogP contribution in [0.25, 0.3) is 34.1 Å². The number of rotatable bonds is 5. The second kappa shape index (κ2) is 7.93. The van der Waals surface area contributed by atoms with Crippen LogP contribution in [0.4, 0.5) is 5.82 Å². The third kappa shape index (κ3) is 3.73. The molecule has 0 spiro atoms. The van der Waals surface area contributed by atoms with E-state index in [0.29, 0.717) is 29.1 Å². The molecule has 0 saturated heterocycles. The largest absolute Gasteiger partial charge is 0.413 e. The first kappa shape index (κ1) is 18.3. The average molecular weight is 414 g/mol. The van der Waals surface area contributed by atoms with E-state index in [1.165, 1.54) is 0 Å². The first-order chi connectivity index (χ1) is 14.8. The molecule has 0 fully saturated rings. The van der Waals surface area contributed by atoms with Gasteiger partial charge in [-0.3, -0.25) is 0 Å². The molecule has 7 heteroatoms. The highest BCUT2D eigenvalue weighted by molar-refractivity contribution is 6.30.